The SMILES string of the molecule is Cc1ccc(S(=O)C(C)C(Cl)C#C[Si](C)(C)C)cc1. The van der Waals surface area contributed by atoms with Crippen LogP contribution in [0.25, 0.3) is 0 Å². The molecule has 0 bridgehead atoms. The molecule has 1 aromatic rings. The third-order valence-corrected chi connectivity index (χ3v) is 5.80. The van der Waals surface area contributed by atoms with Crippen molar-refractivity contribution < 1.29 is 4.21 Å². The molecule has 0 aliphatic heterocycles. The average Bonchev–Trinajstić information content (AvgIpc) is 2.34. The molecule has 0 fully saturated rings. The summed E-state index contributed by atoms with van der Waals surface area (Å²) >= 11 is 6.27. The molecule has 0 heterocycles. The average molecular weight is 313 g/mol. The largest absolute Gasteiger partial charge is 0.254 e. The molecule has 104 valence electrons. The Hall–Kier alpha value is -0.563. The van der Waals surface area contributed by atoms with Crippen molar-refractivity contribution in [1.29, 1.82) is 0 Å². The molecule has 0 aliphatic rings. The summed E-state index contributed by atoms with van der Waals surface area (Å²) in [5.41, 5.74) is 4.40. The maximum Gasteiger partial charge on any atom is 0.129 e. The molecule has 3 atom stereocenters. The van der Waals surface area contributed by atoms with Crippen LogP contribution < -0.4 is 0 Å². The number of aryl methyl sites for hydroxylation is 1. The predicted molar refractivity (Wildman–Crippen MR) is 87.8 cm³/mol. The molecule has 0 amide bonds. The zero-order valence-corrected chi connectivity index (χ0v) is 14.7. The summed E-state index contributed by atoms with van der Waals surface area (Å²) in [5.74, 6) is 3.07. The van der Waals surface area contributed by atoms with Crippen LogP contribution in [-0.2, 0) is 10.8 Å². The highest BCUT2D eigenvalue weighted by atomic mass is 35.5. The van der Waals surface area contributed by atoms with Crippen molar-refractivity contribution in [3.63, 3.8) is 0 Å². The number of benzene rings is 1. The van der Waals surface area contributed by atoms with E-state index in [1.54, 1.807) is 0 Å². The summed E-state index contributed by atoms with van der Waals surface area (Å²) in [5, 5.41) is -0.540. The molecule has 0 saturated carbocycles. The summed E-state index contributed by atoms with van der Waals surface area (Å²) in [4.78, 5) is 0.818. The first-order chi connectivity index (χ1) is 8.70. The molecule has 1 nitrogen and oxygen atoms in total. The van der Waals surface area contributed by atoms with E-state index in [1.165, 1.54) is 0 Å². The maximum atomic E-state index is 12.4. The molecule has 0 aromatic heterocycles. The highest BCUT2D eigenvalue weighted by molar-refractivity contribution is 7.85. The van der Waals surface area contributed by atoms with Crippen LogP contribution in [0.1, 0.15) is 12.5 Å². The Morgan fingerprint density at radius 1 is 1.21 bits per heavy atom. The lowest BCUT2D eigenvalue weighted by Crippen LogP contribution is -2.24. The van der Waals surface area contributed by atoms with E-state index in [0.717, 1.165) is 10.5 Å². The van der Waals surface area contributed by atoms with Gasteiger partial charge in [-0.2, -0.15) is 0 Å². The second kappa shape index (κ2) is 6.74. The summed E-state index contributed by atoms with van der Waals surface area (Å²) in [6, 6.07) is 7.74. The molecular weight excluding hydrogens is 292 g/mol. The number of alkyl halides is 1. The second-order valence-corrected chi connectivity index (χ2v) is 12.8. The van der Waals surface area contributed by atoms with Crippen LogP contribution in [0.4, 0.5) is 0 Å². The first-order valence-electron chi connectivity index (χ1n) is 6.35. The first-order valence-corrected chi connectivity index (χ1v) is 11.5. The van der Waals surface area contributed by atoms with E-state index >= 15 is 0 Å². The van der Waals surface area contributed by atoms with Crippen molar-refractivity contribution in [2.45, 2.75) is 49.0 Å². The van der Waals surface area contributed by atoms with Crippen LogP contribution in [0, 0.1) is 18.4 Å². The van der Waals surface area contributed by atoms with Crippen molar-refractivity contribution in [2.75, 3.05) is 0 Å². The summed E-state index contributed by atoms with van der Waals surface area (Å²) < 4.78 is 12.4. The molecule has 0 N–H and O–H groups in total. The van der Waals surface area contributed by atoms with Crippen LogP contribution in [-0.4, -0.2) is 22.9 Å². The maximum absolute atomic E-state index is 12.4. The first kappa shape index (κ1) is 16.5. The Morgan fingerprint density at radius 3 is 2.21 bits per heavy atom. The van der Waals surface area contributed by atoms with E-state index in [4.69, 9.17) is 11.6 Å². The summed E-state index contributed by atoms with van der Waals surface area (Å²) in [7, 11) is -2.55. The number of hydrogen-bond donors (Lipinski definition) is 0. The Labute approximate surface area is 125 Å². The Morgan fingerprint density at radius 2 is 1.74 bits per heavy atom. The van der Waals surface area contributed by atoms with Crippen LogP contribution in [0.2, 0.25) is 19.6 Å². The fourth-order valence-electron chi connectivity index (χ4n) is 1.40. The Bertz CT molecular complexity index is 508. The minimum Gasteiger partial charge on any atom is -0.254 e. The van der Waals surface area contributed by atoms with E-state index in [9.17, 15) is 4.21 Å². The minimum absolute atomic E-state index is 0.173. The zero-order chi connectivity index (χ0) is 14.6. The van der Waals surface area contributed by atoms with Gasteiger partial charge in [-0.15, -0.1) is 17.1 Å². The molecule has 0 saturated heterocycles. The van der Waals surface area contributed by atoms with Crippen LogP contribution in [0.15, 0.2) is 29.2 Å². The van der Waals surface area contributed by atoms with Gasteiger partial charge in [-0.3, -0.25) is 4.21 Å². The molecule has 0 radical (unpaired) electrons. The summed E-state index contributed by atoms with van der Waals surface area (Å²) in [6.45, 7) is 10.4. The molecule has 19 heavy (non-hydrogen) atoms. The van der Waals surface area contributed by atoms with E-state index < -0.39 is 18.9 Å². The lowest BCUT2D eigenvalue weighted by Gasteiger charge is -2.14. The number of hydrogen-bond acceptors (Lipinski definition) is 1. The molecule has 0 spiro atoms. The molecule has 1 aromatic carbocycles. The van der Waals surface area contributed by atoms with Gasteiger partial charge in [0.2, 0.25) is 0 Å². The monoisotopic (exact) mass is 312 g/mol. The Kier molecular flexibility index (Phi) is 5.85. The van der Waals surface area contributed by atoms with Gasteiger partial charge in [0.1, 0.15) is 13.5 Å². The van der Waals surface area contributed by atoms with Gasteiger partial charge in [0, 0.05) is 4.90 Å². The normalized spacial score (nSPS) is 16.1. The fraction of sp³-hybridized carbons (Fsp3) is 0.467. The van der Waals surface area contributed by atoms with Gasteiger partial charge in [-0.25, -0.2) is 0 Å². The van der Waals surface area contributed by atoms with Crippen LogP contribution in [0.3, 0.4) is 0 Å². The van der Waals surface area contributed by atoms with Crippen LogP contribution in [0.5, 0.6) is 0 Å². The lowest BCUT2D eigenvalue weighted by atomic mass is 10.2. The molecule has 3 unspecified atom stereocenters. The minimum atomic E-state index is -1.43. The molecular formula is C15H21ClOSSi. The topological polar surface area (TPSA) is 17.1 Å². The van der Waals surface area contributed by atoms with Gasteiger partial charge >= 0.3 is 0 Å². The van der Waals surface area contributed by atoms with E-state index in [1.807, 2.05) is 38.1 Å². The smallest absolute Gasteiger partial charge is 0.129 e. The third kappa shape index (κ3) is 5.52. The second-order valence-electron chi connectivity index (χ2n) is 5.74. The molecule has 0 aliphatic carbocycles. The quantitative estimate of drug-likeness (QED) is 0.469. The molecule has 1 rings (SSSR count). The van der Waals surface area contributed by atoms with Crippen molar-refractivity contribution in [2.24, 2.45) is 0 Å². The van der Waals surface area contributed by atoms with Crippen molar-refractivity contribution >= 4 is 30.5 Å². The van der Waals surface area contributed by atoms with E-state index in [2.05, 4.69) is 31.1 Å². The van der Waals surface area contributed by atoms with Gasteiger partial charge in [0.15, 0.2) is 0 Å². The highest BCUT2D eigenvalue weighted by Gasteiger charge is 2.21. The van der Waals surface area contributed by atoms with E-state index in [0.29, 0.717) is 0 Å². The fourth-order valence-corrected chi connectivity index (χ4v) is 3.53. The van der Waals surface area contributed by atoms with Gasteiger partial charge in [0.25, 0.3) is 0 Å². The van der Waals surface area contributed by atoms with E-state index in [-0.39, 0.29) is 10.6 Å². The van der Waals surface area contributed by atoms with Gasteiger partial charge in [0.05, 0.1) is 16.0 Å². The van der Waals surface area contributed by atoms with Gasteiger partial charge < -0.3 is 0 Å². The van der Waals surface area contributed by atoms with Gasteiger partial charge in [-0.05, 0) is 26.0 Å². The molecule has 4 heteroatoms. The lowest BCUT2D eigenvalue weighted by molar-refractivity contribution is 0.674. The standard InChI is InChI=1S/C15H21ClOSSi/c1-12-6-8-14(9-7-12)18(17)13(2)15(16)10-11-19(3,4)5/h6-9,13,15H,1-5H3. The van der Waals surface area contributed by atoms with Gasteiger partial charge in [-0.1, -0.05) is 43.3 Å². The number of halogens is 1. The predicted octanol–water partition coefficient (Wildman–Crippen LogP) is 3.98. The van der Waals surface area contributed by atoms with Crippen LogP contribution >= 0.6 is 11.6 Å². The highest BCUT2D eigenvalue weighted by Crippen LogP contribution is 2.17. The van der Waals surface area contributed by atoms with Crippen molar-refractivity contribution in [1.82, 2.24) is 0 Å². The Balaban J connectivity index is 2.81. The third-order valence-electron chi connectivity index (χ3n) is 2.59. The van der Waals surface area contributed by atoms with Crippen molar-refractivity contribution in [3.05, 3.63) is 29.8 Å². The summed E-state index contributed by atoms with van der Waals surface area (Å²) in [6.07, 6.45) is 0. The zero-order valence-electron chi connectivity index (χ0n) is 12.2. The van der Waals surface area contributed by atoms with Crippen molar-refractivity contribution in [3.8, 4) is 11.5 Å². The number of rotatable bonds is 3.